The highest BCUT2D eigenvalue weighted by Gasteiger charge is 2.45. The predicted octanol–water partition coefficient (Wildman–Crippen LogP) is 2.85. The molecule has 2 aliphatic carbocycles. The molecule has 2 unspecified atom stereocenters. The van der Waals surface area contributed by atoms with E-state index in [1.807, 2.05) is 24.6 Å². The molecule has 2 N–H and O–H groups in total. The summed E-state index contributed by atoms with van der Waals surface area (Å²) in [6.07, 6.45) is 5.07. The first-order chi connectivity index (χ1) is 15.5. The molecule has 6 rings (SSSR count). The van der Waals surface area contributed by atoms with E-state index in [9.17, 15) is 4.79 Å². The first-order valence-electron chi connectivity index (χ1n) is 11.6. The zero-order valence-corrected chi connectivity index (χ0v) is 18.9. The molecule has 32 heavy (non-hydrogen) atoms. The highest BCUT2D eigenvalue weighted by Crippen LogP contribution is 2.46. The zero-order chi connectivity index (χ0) is 22.0. The lowest BCUT2D eigenvalue weighted by atomic mass is 10.2. The van der Waals surface area contributed by atoms with Crippen molar-refractivity contribution in [3.8, 4) is 0 Å². The molecule has 1 saturated heterocycles. The quantitative estimate of drug-likeness (QED) is 0.648. The smallest absolute Gasteiger partial charge is 0.272 e. The number of aromatic amines is 1. The fourth-order valence-corrected chi connectivity index (χ4v) is 5.34. The molecular formula is C24H29N7O. The molecule has 166 valence electrons. The Morgan fingerprint density at radius 1 is 1.19 bits per heavy atom. The van der Waals surface area contributed by atoms with E-state index in [1.165, 1.54) is 12.0 Å². The molecule has 0 radical (unpaired) electrons. The standard InChI is InChI=1S/C24H29N7O/c1-13-16(4-7-22(25-13)31-10-17-8-18(17)11-31)9-30-12-21(26-15(30)3)24(32)27-20-6-5-19-14(2)28-29-23(19)20/h4,7,12,17-18,20H,5-6,8-11H2,1-3H3,(H,27,32)(H,28,29)/t17?,18?,20-/m1/s1. The van der Waals surface area contributed by atoms with E-state index in [0.29, 0.717) is 12.2 Å². The van der Waals surface area contributed by atoms with Crippen LogP contribution >= 0.6 is 0 Å². The zero-order valence-electron chi connectivity index (χ0n) is 18.9. The molecule has 0 spiro atoms. The molecule has 0 bridgehead atoms. The molecular weight excluding hydrogens is 402 g/mol. The van der Waals surface area contributed by atoms with E-state index in [4.69, 9.17) is 4.98 Å². The number of fused-ring (bicyclic) bond motifs is 2. The van der Waals surface area contributed by atoms with Crippen LogP contribution in [-0.4, -0.2) is 43.7 Å². The molecule has 1 saturated carbocycles. The number of rotatable bonds is 5. The van der Waals surface area contributed by atoms with Gasteiger partial charge in [0.2, 0.25) is 0 Å². The molecule has 8 nitrogen and oxygen atoms in total. The number of amides is 1. The molecule has 3 aliphatic rings. The molecule has 1 aliphatic heterocycles. The van der Waals surface area contributed by atoms with Crippen molar-refractivity contribution in [3.05, 3.63) is 58.1 Å². The summed E-state index contributed by atoms with van der Waals surface area (Å²) >= 11 is 0. The van der Waals surface area contributed by atoms with E-state index >= 15 is 0 Å². The predicted molar refractivity (Wildman–Crippen MR) is 121 cm³/mol. The van der Waals surface area contributed by atoms with Gasteiger partial charge in [-0.2, -0.15) is 5.10 Å². The van der Waals surface area contributed by atoms with Gasteiger partial charge in [-0.1, -0.05) is 6.07 Å². The van der Waals surface area contributed by atoms with E-state index < -0.39 is 0 Å². The van der Waals surface area contributed by atoms with Crippen molar-refractivity contribution < 1.29 is 4.79 Å². The minimum Gasteiger partial charge on any atom is -0.356 e. The lowest BCUT2D eigenvalue weighted by molar-refractivity contribution is 0.0931. The summed E-state index contributed by atoms with van der Waals surface area (Å²) in [5.74, 6) is 3.54. The summed E-state index contributed by atoms with van der Waals surface area (Å²) in [7, 11) is 0. The van der Waals surface area contributed by atoms with Crippen LogP contribution in [0, 0.1) is 32.6 Å². The number of pyridine rings is 1. The van der Waals surface area contributed by atoms with Crippen LogP contribution in [0.25, 0.3) is 0 Å². The third-order valence-electron chi connectivity index (χ3n) is 7.46. The van der Waals surface area contributed by atoms with Gasteiger partial charge in [0.25, 0.3) is 5.91 Å². The number of nitrogens with zero attached hydrogens (tertiary/aromatic N) is 5. The van der Waals surface area contributed by atoms with Crippen molar-refractivity contribution in [3.63, 3.8) is 0 Å². The Morgan fingerprint density at radius 3 is 2.78 bits per heavy atom. The number of imidazole rings is 1. The van der Waals surface area contributed by atoms with Gasteiger partial charge in [0.05, 0.1) is 18.3 Å². The van der Waals surface area contributed by atoms with E-state index in [0.717, 1.165) is 72.1 Å². The summed E-state index contributed by atoms with van der Waals surface area (Å²) in [5.41, 5.74) is 5.92. The van der Waals surface area contributed by atoms with Gasteiger partial charge < -0.3 is 14.8 Å². The van der Waals surface area contributed by atoms with Crippen LogP contribution in [0.1, 0.15) is 63.4 Å². The number of anilines is 1. The molecule has 0 aromatic carbocycles. The first kappa shape index (κ1) is 19.5. The van der Waals surface area contributed by atoms with Gasteiger partial charge in [-0.15, -0.1) is 0 Å². The van der Waals surface area contributed by atoms with Gasteiger partial charge in [-0.05, 0) is 69.1 Å². The number of carbonyl (C=O) groups is 1. The fourth-order valence-electron chi connectivity index (χ4n) is 5.34. The monoisotopic (exact) mass is 431 g/mol. The lowest BCUT2D eigenvalue weighted by Gasteiger charge is -2.20. The number of hydrogen-bond donors (Lipinski definition) is 2. The topological polar surface area (TPSA) is 91.7 Å². The average Bonchev–Trinajstić information content (AvgIpc) is 3.17. The highest BCUT2D eigenvalue weighted by atomic mass is 16.2. The Morgan fingerprint density at radius 2 is 2.00 bits per heavy atom. The van der Waals surface area contributed by atoms with Crippen molar-refractivity contribution in [1.29, 1.82) is 0 Å². The fraction of sp³-hybridized carbons (Fsp3) is 0.500. The minimum atomic E-state index is -0.150. The summed E-state index contributed by atoms with van der Waals surface area (Å²) in [4.78, 5) is 24.7. The molecule has 8 heteroatoms. The Hall–Kier alpha value is -3.16. The number of carbonyl (C=O) groups excluding carboxylic acids is 1. The number of piperidine rings is 1. The average molecular weight is 432 g/mol. The SMILES string of the molecule is Cc1nc(N2CC3CC3C2)ccc1Cn1cc(C(=O)N[C@@H]2CCc3c2n[nH]c3C)nc1C. The van der Waals surface area contributed by atoms with Gasteiger partial charge in [-0.3, -0.25) is 9.89 Å². The van der Waals surface area contributed by atoms with Crippen LogP contribution in [0.15, 0.2) is 18.3 Å². The summed E-state index contributed by atoms with van der Waals surface area (Å²) < 4.78 is 2.03. The largest absolute Gasteiger partial charge is 0.356 e. The first-order valence-corrected chi connectivity index (χ1v) is 11.6. The summed E-state index contributed by atoms with van der Waals surface area (Å²) in [5, 5.41) is 10.5. The van der Waals surface area contributed by atoms with Crippen molar-refractivity contribution in [1.82, 2.24) is 30.0 Å². The van der Waals surface area contributed by atoms with Crippen LogP contribution in [-0.2, 0) is 13.0 Å². The van der Waals surface area contributed by atoms with E-state index in [1.54, 1.807) is 0 Å². The van der Waals surface area contributed by atoms with E-state index in [2.05, 4.69) is 44.5 Å². The minimum absolute atomic E-state index is 0.0523. The van der Waals surface area contributed by atoms with Gasteiger partial charge >= 0.3 is 0 Å². The van der Waals surface area contributed by atoms with Gasteiger partial charge in [0, 0.05) is 30.7 Å². The van der Waals surface area contributed by atoms with Gasteiger partial charge in [0.15, 0.2) is 0 Å². The number of hydrogen-bond acceptors (Lipinski definition) is 5. The molecule has 3 atom stereocenters. The second kappa shape index (κ2) is 7.18. The molecule has 1 amide bonds. The number of H-pyrrole nitrogens is 1. The Bertz CT molecular complexity index is 1200. The number of aromatic nitrogens is 5. The lowest BCUT2D eigenvalue weighted by Crippen LogP contribution is -2.27. The van der Waals surface area contributed by atoms with Gasteiger partial charge in [-0.25, -0.2) is 9.97 Å². The normalized spacial score (nSPS) is 23.3. The van der Waals surface area contributed by atoms with Crippen molar-refractivity contribution in [2.75, 3.05) is 18.0 Å². The van der Waals surface area contributed by atoms with Crippen molar-refractivity contribution in [2.45, 2.75) is 52.6 Å². The highest BCUT2D eigenvalue weighted by molar-refractivity contribution is 5.92. The second-order valence-electron chi connectivity index (χ2n) is 9.65. The van der Waals surface area contributed by atoms with Crippen LogP contribution < -0.4 is 10.2 Å². The third kappa shape index (κ3) is 3.29. The molecule has 3 aromatic rings. The van der Waals surface area contributed by atoms with Crippen molar-refractivity contribution >= 4 is 11.7 Å². The van der Waals surface area contributed by atoms with Crippen LogP contribution in [0.3, 0.4) is 0 Å². The summed E-state index contributed by atoms with van der Waals surface area (Å²) in [6, 6.07) is 4.25. The summed E-state index contributed by atoms with van der Waals surface area (Å²) in [6.45, 7) is 8.99. The van der Waals surface area contributed by atoms with E-state index in [-0.39, 0.29) is 11.9 Å². The van der Waals surface area contributed by atoms with Gasteiger partial charge in [0.1, 0.15) is 17.3 Å². The molecule has 2 fully saturated rings. The Balaban J connectivity index is 1.15. The maximum absolute atomic E-state index is 12.9. The molecule has 3 aromatic heterocycles. The maximum Gasteiger partial charge on any atom is 0.272 e. The van der Waals surface area contributed by atoms with Crippen LogP contribution in [0.2, 0.25) is 0 Å². The Labute approximate surface area is 187 Å². The third-order valence-corrected chi connectivity index (χ3v) is 7.46. The molecule has 4 heterocycles. The number of aryl methyl sites for hydroxylation is 3. The van der Waals surface area contributed by atoms with Crippen molar-refractivity contribution in [2.24, 2.45) is 11.8 Å². The second-order valence-corrected chi connectivity index (χ2v) is 9.65. The van der Waals surface area contributed by atoms with Crippen LogP contribution in [0.4, 0.5) is 5.82 Å². The maximum atomic E-state index is 12.9. The number of nitrogens with one attached hydrogen (secondary N) is 2. The van der Waals surface area contributed by atoms with Crippen LogP contribution in [0.5, 0.6) is 0 Å². The Kier molecular flexibility index (Phi) is 4.38.